The predicted octanol–water partition coefficient (Wildman–Crippen LogP) is 1.88. The number of carbonyl (C=O) groups is 1. The Hall–Kier alpha value is -1.58. The van der Waals surface area contributed by atoms with Crippen LogP contribution >= 0.6 is 0 Å². The van der Waals surface area contributed by atoms with Crippen LogP contribution < -0.4 is 4.74 Å². The average Bonchev–Trinajstić information content (AvgIpc) is 2.01. The van der Waals surface area contributed by atoms with Crippen LogP contribution in [0, 0.1) is 6.92 Å². The first-order valence-corrected chi connectivity index (χ1v) is 4.37. The van der Waals surface area contributed by atoms with E-state index in [4.69, 9.17) is 9.84 Å². The number of rotatable bonds is 3. The maximum absolute atomic E-state index is 10.8. The second kappa shape index (κ2) is 4.09. The van der Waals surface area contributed by atoms with Crippen LogP contribution in [0.1, 0.15) is 29.9 Å². The molecule has 1 heterocycles. The number of hydrogen-bond donors (Lipinski definition) is 1. The van der Waals surface area contributed by atoms with E-state index in [2.05, 4.69) is 4.98 Å². The van der Waals surface area contributed by atoms with Crippen molar-refractivity contribution in [2.24, 2.45) is 0 Å². The van der Waals surface area contributed by atoms with Crippen LogP contribution in [-0.2, 0) is 0 Å². The largest absolute Gasteiger partial charge is 0.490 e. The summed E-state index contributed by atoms with van der Waals surface area (Å²) in [6, 6.07) is 1.63. The third-order valence-corrected chi connectivity index (χ3v) is 1.60. The zero-order valence-electron chi connectivity index (χ0n) is 8.44. The maximum atomic E-state index is 10.8. The predicted molar refractivity (Wildman–Crippen MR) is 51.7 cm³/mol. The van der Waals surface area contributed by atoms with E-state index in [1.54, 1.807) is 13.0 Å². The molecule has 4 nitrogen and oxygen atoms in total. The summed E-state index contributed by atoms with van der Waals surface area (Å²) in [6.07, 6.45) is 1.27. The first-order chi connectivity index (χ1) is 6.50. The van der Waals surface area contributed by atoms with E-state index < -0.39 is 5.97 Å². The van der Waals surface area contributed by atoms with Gasteiger partial charge in [-0.05, 0) is 20.8 Å². The van der Waals surface area contributed by atoms with Gasteiger partial charge in [0.05, 0.1) is 6.10 Å². The zero-order chi connectivity index (χ0) is 10.7. The summed E-state index contributed by atoms with van der Waals surface area (Å²) >= 11 is 0. The lowest BCUT2D eigenvalue weighted by molar-refractivity contribution is 0.0690. The molecular weight excluding hydrogens is 182 g/mol. The molecule has 0 aliphatic rings. The van der Waals surface area contributed by atoms with Crippen molar-refractivity contribution in [3.63, 3.8) is 0 Å². The number of carboxylic acids is 1. The van der Waals surface area contributed by atoms with Crippen molar-refractivity contribution in [3.05, 3.63) is 23.5 Å². The van der Waals surface area contributed by atoms with Crippen molar-refractivity contribution in [3.8, 4) is 5.75 Å². The number of nitrogens with zero attached hydrogens (tertiary/aromatic N) is 1. The highest BCUT2D eigenvalue weighted by molar-refractivity contribution is 5.90. The summed E-state index contributed by atoms with van der Waals surface area (Å²) in [6.45, 7) is 5.49. The third kappa shape index (κ3) is 2.45. The minimum atomic E-state index is -1.02. The third-order valence-electron chi connectivity index (χ3n) is 1.60. The standard InChI is InChI=1S/C10H13NO3/c1-6(2)14-9-4-7(3)11-5-8(9)10(12)13/h4-6H,1-3H3,(H,12,13). The Morgan fingerprint density at radius 1 is 1.57 bits per heavy atom. The van der Waals surface area contributed by atoms with Crippen molar-refractivity contribution in [2.75, 3.05) is 0 Å². The molecule has 0 saturated heterocycles. The van der Waals surface area contributed by atoms with Crippen LogP contribution in [0.15, 0.2) is 12.3 Å². The second-order valence-corrected chi connectivity index (χ2v) is 3.29. The number of carboxylic acid groups (broad SMARTS) is 1. The van der Waals surface area contributed by atoms with E-state index in [1.165, 1.54) is 6.20 Å². The molecule has 0 aromatic carbocycles. The number of pyridine rings is 1. The Kier molecular flexibility index (Phi) is 3.06. The monoisotopic (exact) mass is 195 g/mol. The Morgan fingerprint density at radius 3 is 2.71 bits per heavy atom. The van der Waals surface area contributed by atoms with E-state index in [9.17, 15) is 4.79 Å². The van der Waals surface area contributed by atoms with Crippen molar-refractivity contribution >= 4 is 5.97 Å². The van der Waals surface area contributed by atoms with Gasteiger partial charge in [0.1, 0.15) is 11.3 Å². The van der Waals surface area contributed by atoms with Gasteiger partial charge in [0, 0.05) is 18.0 Å². The van der Waals surface area contributed by atoms with Crippen LogP contribution in [0.2, 0.25) is 0 Å². The molecule has 0 unspecified atom stereocenters. The van der Waals surface area contributed by atoms with E-state index in [0.717, 1.165) is 5.69 Å². The second-order valence-electron chi connectivity index (χ2n) is 3.29. The lowest BCUT2D eigenvalue weighted by Crippen LogP contribution is -2.10. The Labute approximate surface area is 82.5 Å². The normalized spacial score (nSPS) is 10.3. The summed E-state index contributed by atoms with van der Waals surface area (Å²) in [5, 5.41) is 8.85. The summed E-state index contributed by atoms with van der Waals surface area (Å²) in [5.41, 5.74) is 0.843. The zero-order valence-corrected chi connectivity index (χ0v) is 8.44. The molecule has 0 aliphatic heterocycles. The highest BCUT2D eigenvalue weighted by atomic mass is 16.5. The Bertz CT molecular complexity index is 347. The summed E-state index contributed by atoms with van der Waals surface area (Å²) in [4.78, 5) is 14.7. The van der Waals surface area contributed by atoms with Crippen LogP contribution in [0.5, 0.6) is 5.75 Å². The fraction of sp³-hybridized carbons (Fsp3) is 0.400. The molecule has 0 atom stereocenters. The maximum Gasteiger partial charge on any atom is 0.341 e. The quantitative estimate of drug-likeness (QED) is 0.799. The van der Waals surface area contributed by atoms with Crippen LogP contribution in [0.4, 0.5) is 0 Å². The summed E-state index contributed by atoms with van der Waals surface area (Å²) < 4.78 is 5.37. The smallest absolute Gasteiger partial charge is 0.341 e. The van der Waals surface area contributed by atoms with E-state index in [1.807, 2.05) is 13.8 Å². The molecule has 4 heteroatoms. The fourth-order valence-corrected chi connectivity index (χ4v) is 1.05. The molecule has 1 aromatic rings. The lowest BCUT2D eigenvalue weighted by atomic mass is 10.2. The molecule has 14 heavy (non-hydrogen) atoms. The molecule has 0 amide bonds. The van der Waals surface area contributed by atoms with Gasteiger partial charge in [-0.2, -0.15) is 0 Å². The molecule has 0 radical (unpaired) electrons. The minimum absolute atomic E-state index is 0.0464. The highest BCUT2D eigenvalue weighted by Crippen LogP contribution is 2.19. The fourth-order valence-electron chi connectivity index (χ4n) is 1.05. The van der Waals surface area contributed by atoms with Crippen molar-refractivity contribution in [1.82, 2.24) is 4.98 Å². The van der Waals surface area contributed by atoms with E-state index >= 15 is 0 Å². The molecule has 76 valence electrons. The van der Waals surface area contributed by atoms with Crippen LogP contribution in [0.25, 0.3) is 0 Å². The SMILES string of the molecule is Cc1cc(OC(C)C)c(C(=O)O)cn1. The van der Waals surface area contributed by atoms with Crippen molar-refractivity contribution in [2.45, 2.75) is 26.9 Å². The van der Waals surface area contributed by atoms with Gasteiger partial charge in [-0.3, -0.25) is 4.98 Å². The molecule has 0 saturated carbocycles. The topological polar surface area (TPSA) is 59.4 Å². The van der Waals surface area contributed by atoms with Gasteiger partial charge in [-0.15, -0.1) is 0 Å². The first-order valence-electron chi connectivity index (χ1n) is 4.37. The Balaban J connectivity index is 3.09. The molecule has 0 spiro atoms. The van der Waals surface area contributed by atoms with Gasteiger partial charge in [0.15, 0.2) is 0 Å². The van der Waals surface area contributed by atoms with E-state index in [0.29, 0.717) is 5.75 Å². The number of hydrogen-bond acceptors (Lipinski definition) is 3. The van der Waals surface area contributed by atoms with Gasteiger partial charge in [0.25, 0.3) is 0 Å². The van der Waals surface area contributed by atoms with Gasteiger partial charge >= 0.3 is 5.97 Å². The molecule has 1 aromatic heterocycles. The molecule has 0 fully saturated rings. The van der Waals surface area contributed by atoms with Gasteiger partial charge in [-0.1, -0.05) is 0 Å². The molecule has 0 aliphatic carbocycles. The van der Waals surface area contributed by atoms with Gasteiger partial charge in [0.2, 0.25) is 0 Å². The molecule has 1 rings (SSSR count). The van der Waals surface area contributed by atoms with Gasteiger partial charge < -0.3 is 9.84 Å². The summed E-state index contributed by atoms with van der Waals surface area (Å²) in [5.74, 6) is -0.645. The molecular formula is C10H13NO3. The lowest BCUT2D eigenvalue weighted by Gasteiger charge is -2.12. The van der Waals surface area contributed by atoms with Crippen molar-refractivity contribution < 1.29 is 14.6 Å². The first kappa shape index (κ1) is 10.5. The van der Waals surface area contributed by atoms with Crippen molar-refractivity contribution in [1.29, 1.82) is 0 Å². The number of ether oxygens (including phenoxy) is 1. The number of aromatic carboxylic acids is 1. The van der Waals surface area contributed by atoms with Crippen LogP contribution in [-0.4, -0.2) is 22.2 Å². The highest BCUT2D eigenvalue weighted by Gasteiger charge is 2.12. The summed E-state index contributed by atoms with van der Waals surface area (Å²) in [7, 11) is 0. The Morgan fingerprint density at radius 2 is 2.21 bits per heavy atom. The average molecular weight is 195 g/mol. The number of aromatic nitrogens is 1. The molecule has 1 N–H and O–H groups in total. The van der Waals surface area contributed by atoms with E-state index in [-0.39, 0.29) is 11.7 Å². The minimum Gasteiger partial charge on any atom is -0.490 e. The van der Waals surface area contributed by atoms with Crippen LogP contribution in [0.3, 0.4) is 0 Å². The van der Waals surface area contributed by atoms with Gasteiger partial charge in [-0.25, -0.2) is 4.79 Å². The number of aryl methyl sites for hydroxylation is 1. The molecule has 0 bridgehead atoms.